The first kappa shape index (κ1) is 16.5. The molecule has 1 aromatic rings. The molecule has 3 nitrogen and oxygen atoms in total. The molecule has 21 heavy (non-hydrogen) atoms. The van der Waals surface area contributed by atoms with E-state index in [1.165, 1.54) is 25.7 Å². The molecule has 2 rings (SSSR count). The fourth-order valence-corrected chi connectivity index (χ4v) is 4.22. The second-order valence-corrected chi connectivity index (χ2v) is 8.57. The number of hydrogen-bond acceptors (Lipinski definition) is 4. The Morgan fingerprint density at radius 3 is 2.38 bits per heavy atom. The van der Waals surface area contributed by atoms with Gasteiger partial charge in [0.15, 0.2) is 11.4 Å². The maximum absolute atomic E-state index is 11.4. The van der Waals surface area contributed by atoms with E-state index in [2.05, 4.69) is 39.5 Å². The predicted molar refractivity (Wildman–Crippen MR) is 90.6 cm³/mol. The Morgan fingerprint density at radius 1 is 1.33 bits per heavy atom. The molecule has 0 N–H and O–H groups in total. The molecule has 4 heteroatoms. The highest BCUT2D eigenvalue weighted by Gasteiger charge is 2.29. The maximum Gasteiger partial charge on any atom is 0.186 e. The summed E-state index contributed by atoms with van der Waals surface area (Å²) in [5.41, 5.74) is 0.869. The molecule has 0 aliphatic heterocycles. The molecular weight excluding hydrogens is 280 g/mol. The van der Waals surface area contributed by atoms with E-state index < -0.39 is 0 Å². The van der Waals surface area contributed by atoms with E-state index in [4.69, 9.17) is 4.98 Å². The van der Waals surface area contributed by atoms with Crippen molar-refractivity contribution in [2.24, 2.45) is 5.92 Å². The highest BCUT2D eigenvalue weighted by molar-refractivity contribution is 7.17. The topological polar surface area (TPSA) is 33.2 Å². The third-order valence-corrected chi connectivity index (χ3v) is 5.05. The quantitative estimate of drug-likeness (QED) is 0.742. The van der Waals surface area contributed by atoms with E-state index in [0.29, 0.717) is 12.0 Å². The average Bonchev–Trinajstić information content (AvgIpc) is 3.04. The molecule has 0 bridgehead atoms. The minimum absolute atomic E-state index is 0.0792. The third kappa shape index (κ3) is 3.85. The summed E-state index contributed by atoms with van der Waals surface area (Å²) < 4.78 is 0. The fraction of sp³-hybridized carbons (Fsp3) is 0.765. The van der Waals surface area contributed by atoms with Crippen LogP contribution in [0.15, 0.2) is 0 Å². The van der Waals surface area contributed by atoms with Crippen LogP contribution < -0.4 is 4.90 Å². The van der Waals surface area contributed by atoms with Crippen molar-refractivity contribution in [3.05, 3.63) is 10.6 Å². The molecule has 1 fully saturated rings. The van der Waals surface area contributed by atoms with Gasteiger partial charge in [0, 0.05) is 18.0 Å². The molecule has 1 aliphatic rings. The van der Waals surface area contributed by atoms with Crippen LogP contribution in [0.1, 0.15) is 75.7 Å². The summed E-state index contributed by atoms with van der Waals surface area (Å²) in [4.78, 5) is 19.5. The van der Waals surface area contributed by atoms with Crippen molar-refractivity contribution in [3.8, 4) is 0 Å². The molecule has 0 atom stereocenters. The number of aromatic nitrogens is 1. The van der Waals surface area contributed by atoms with Gasteiger partial charge in [0.1, 0.15) is 0 Å². The van der Waals surface area contributed by atoms with Gasteiger partial charge in [0.25, 0.3) is 0 Å². The van der Waals surface area contributed by atoms with Crippen molar-refractivity contribution >= 4 is 22.8 Å². The predicted octanol–water partition coefficient (Wildman–Crippen LogP) is 4.66. The minimum Gasteiger partial charge on any atom is -0.345 e. The molecule has 0 spiro atoms. The van der Waals surface area contributed by atoms with Gasteiger partial charge in [0.05, 0.1) is 10.6 Å². The van der Waals surface area contributed by atoms with Crippen LogP contribution in [0.2, 0.25) is 0 Å². The van der Waals surface area contributed by atoms with Crippen molar-refractivity contribution < 1.29 is 4.79 Å². The number of anilines is 1. The zero-order valence-electron chi connectivity index (χ0n) is 14.0. The maximum atomic E-state index is 11.4. The summed E-state index contributed by atoms with van der Waals surface area (Å²) in [6.07, 6.45) is 6.12. The van der Waals surface area contributed by atoms with Gasteiger partial charge in [0.2, 0.25) is 0 Å². The Bertz CT molecular complexity index is 481. The summed E-state index contributed by atoms with van der Waals surface area (Å²) in [6.45, 7) is 11.9. The Hall–Kier alpha value is -0.900. The number of rotatable bonds is 5. The zero-order chi connectivity index (χ0) is 15.6. The van der Waals surface area contributed by atoms with Crippen LogP contribution in [0.3, 0.4) is 0 Å². The fourth-order valence-electron chi connectivity index (χ4n) is 3.05. The second-order valence-electron chi connectivity index (χ2n) is 7.56. The lowest BCUT2D eigenvalue weighted by molar-refractivity contribution is 0.112. The van der Waals surface area contributed by atoms with Crippen molar-refractivity contribution in [1.82, 2.24) is 4.98 Å². The third-order valence-electron chi connectivity index (χ3n) is 4.03. The van der Waals surface area contributed by atoms with Gasteiger partial charge in [-0.3, -0.25) is 4.79 Å². The normalized spacial score (nSPS) is 16.7. The van der Waals surface area contributed by atoms with Gasteiger partial charge in [-0.25, -0.2) is 4.98 Å². The van der Waals surface area contributed by atoms with Crippen LogP contribution in [-0.2, 0) is 5.41 Å². The highest BCUT2D eigenvalue weighted by atomic mass is 32.1. The lowest BCUT2D eigenvalue weighted by Crippen LogP contribution is -2.36. The van der Waals surface area contributed by atoms with Crippen molar-refractivity contribution in [2.75, 3.05) is 11.4 Å². The van der Waals surface area contributed by atoms with E-state index in [9.17, 15) is 4.79 Å². The number of thiazole rings is 1. The first-order chi connectivity index (χ1) is 9.82. The van der Waals surface area contributed by atoms with Gasteiger partial charge >= 0.3 is 0 Å². The van der Waals surface area contributed by atoms with Crippen LogP contribution >= 0.6 is 11.3 Å². The van der Waals surface area contributed by atoms with E-state index in [0.717, 1.165) is 28.5 Å². The highest BCUT2D eigenvalue weighted by Crippen LogP contribution is 2.36. The molecule has 1 aromatic heterocycles. The number of carbonyl (C=O) groups excluding carboxylic acids is 1. The van der Waals surface area contributed by atoms with Crippen molar-refractivity contribution in [1.29, 1.82) is 0 Å². The molecule has 1 heterocycles. The molecule has 1 aliphatic carbocycles. The Balaban J connectivity index is 2.35. The summed E-state index contributed by atoms with van der Waals surface area (Å²) in [5, 5.41) is 1.04. The van der Waals surface area contributed by atoms with Crippen LogP contribution in [0, 0.1) is 5.92 Å². The minimum atomic E-state index is -0.0792. The standard InChI is InChI=1S/C17H28N2OS/c1-12(2)10-19(13-8-6-7-9-13)16-18-15(17(3,4)5)14(11-20)21-16/h11-13H,6-10H2,1-5H3. The van der Waals surface area contributed by atoms with E-state index in [-0.39, 0.29) is 5.41 Å². The molecular formula is C17H28N2OS. The smallest absolute Gasteiger partial charge is 0.186 e. The van der Waals surface area contributed by atoms with Gasteiger partial charge < -0.3 is 4.90 Å². The molecule has 0 radical (unpaired) electrons. The molecule has 0 unspecified atom stereocenters. The number of aldehydes is 1. The van der Waals surface area contributed by atoms with Crippen LogP contribution in [0.25, 0.3) is 0 Å². The average molecular weight is 308 g/mol. The summed E-state index contributed by atoms with van der Waals surface area (Å²) >= 11 is 1.57. The van der Waals surface area contributed by atoms with Crippen LogP contribution in [0.4, 0.5) is 5.13 Å². The molecule has 0 saturated heterocycles. The largest absolute Gasteiger partial charge is 0.345 e. The van der Waals surface area contributed by atoms with Crippen molar-refractivity contribution in [3.63, 3.8) is 0 Å². The Labute approximate surface area is 132 Å². The second kappa shape index (κ2) is 6.47. The number of hydrogen-bond donors (Lipinski definition) is 0. The Morgan fingerprint density at radius 2 is 1.95 bits per heavy atom. The van der Waals surface area contributed by atoms with E-state index >= 15 is 0 Å². The van der Waals surface area contributed by atoms with Crippen molar-refractivity contribution in [2.45, 2.75) is 71.8 Å². The summed E-state index contributed by atoms with van der Waals surface area (Å²) in [5.74, 6) is 0.604. The molecule has 1 saturated carbocycles. The zero-order valence-corrected chi connectivity index (χ0v) is 14.8. The lowest BCUT2D eigenvalue weighted by atomic mass is 9.91. The number of carbonyl (C=O) groups is 1. The van der Waals surface area contributed by atoms with Gasteiger partial charge in [-0.15, -0.1) is 0 Å². The van der Waals surface area contributed by atoms with Gasteiger partial charge in [-0.05, 0) is 18.8 Å². The Kier molecular flexibility index (Phi) is 5.07. The van der Waals surface area contributed by atoms with Gasteiger partial charge in [-0.1, -0.05) is 58.8 Å². The first-order valence-electron chi connectivity index (χ1n) is 8.06. The van der Waals surface area contributed by atoms with E-state index in [1.54, 1.807) is 11.3 Å². The SMILES string of the molecule is CC(C)CN(c1nc(C(C)(C)C)c(C=O)s1)C1CCCC1. The first-order valence-corrected chi connectivity index (χ1v) is 8.87. The van der Waals surface area contributed by atoms with Crippen LogP contribution in [0.5, 0.6) is 0 Å². The number of nitrogens with zero attached hydrogens (tertiary/aromatic N) is 2. The molecule has 118 valence electrons. The summed E-state index contributed by atoms with van der Waals surface area (Å²) in [6, 6.07) is 0.603. The molecule has 0 amide bonds. The molecule has 0 aromatic carbocycles. The van der Waals surface area contributed by atoms with Gasteiger partial charge in [-0.2, -0.15) is 0 Å². The lowest BCUT2D eigenvalue weighted by Gasteiger charge is -2.30. The van der Waals surface area contributed by atoms with E-state index in [1.807, 2.05) is 0 Å². The monoisotopic (exact) mass is 308 g/mol. The summed E-state index contributed by atoms with van der Waals surface area (Å²) in [7, 11) is 0. The van der Waals surface area contributed by atoms with Crippen LogP contribution in [-0.4, -0.2) is 23.9 Å².